The molecule has 0 aromatic carbocycles. The number of anilines is 1. The minimum absolute atomic E-state index is 0.00683. The minimum Gasteiger partial charge on any atom is -0.454 e. The lowest BCUT2D eigenvalue weighted by molar-refractivity contribution is -0.166. The standard InChI is InChI=1S/C22H29N3O6/c1-12-2-18(24-31-12)23-19(27)11-30-20(28)17-6-16(26)10-25(17)21(29)22-7-13-3-14(8-22)5-15(4-13)9-22/h2,13-17,26H,3-11H2,1H3,(H,23,24,27)/t13?,14?,15?,16?,17-,22?/m0/s1. The number of carbonyl (C=O) groups is 3. The fraction of sp³-hybridized carbons (Fsp3) is 0.727. The van der Waals surface area contributed by atoms with Crippen molar-refractivity contribution in [2.45, 2.75) is 64.0 Å². The van der Waals surface area contributed by atoms with Crippen molar-refractivity contribution in [2.75, 3.05) is 18.5 Å². The van der Waals surface area contributed by atoms with E-state index in [1.165, 1.54) is 24.2 Å². The fourth-order valence-electron chi connectivity index (χ4n) is 6.78. The van der Waals surface area contributed by atoms with E-state index in [2.05, 4.69) is 10.5 Å². The van der Waals surface area contributed by atoms with Gasteiger partial charge in [-0.1, -0.05) is 5.16 Å². The Morgan fingerprint density at radius 2 is 1.84 bits per heavy atom. The van der Waals surface area contributed by atoms with Gasteiger partial charge in [0.25, 0.3) is 5.91 Å². The molecular formula is C22H29N3O6. The molecule has 31 heavy (non-hydrogen) atoms. The third kappa shape index (κ3) is 3.84. The summed E-state index contributed by atoms with van der Waals surface area (Å²) >= 11 is 0. The van der Waals surface area contributed by atoms with Crippen LogP contribution in [0.25, 0.3) is 0 Å². The molecule has 4 aliphatic carbocycles. The summed E-state index contributed by atoms with van der Waals surface area (Å²) in [5.74, 6) is 1.42. The maximum Gasteiger partial charge on any atom is 0.329 e. The second-order valence-electron chi connectivity index (χ2n) is 10.0. The first-order valence-electron chi connectivity index (χ1n) is 11.2. The van der Waals surface area contributed by atoms with Crippen LogP contribution in [-0.4, -0.2) is 58.2 Å². The maximum atomic E-state index is 13.7. The molecule has 5 aliphatic rings. The van der Waals surface area contributed by atoms with Crippen molar-refractivity contribution in [2.24, 2.45) is 23.2 Å². The molecule has 2 N–H and O–H groups in total. The Hall–Kier alpha value is -2.42. The van der Waals surface area contributed by atoms with Gasteiger partial charge in [-0.2, -0.15) is 0 Å². The van der Waals surface area contributed by atoms with Crippen LogP contribution in [0.1, 0.15) is 50.7 Å². The van der Waals surface area contributed by atoms with Gasteiger partial charge in [-0.3, -0.25) is 9.59 Å². The summed E-state index contributed by atoms with van der Waals surface area (Å²) in [7, 11) is 0. The first-order valence-corrected chi connectivity index (χ1v) is 11.2. The number of aliphatic hydroxyl groups is 1. The van der Waals surface area contributed by atoms with Crippen LogP contribution in [0.3, 0.4) is 0 Å². The average molecular weight is 431 g/mol. The van der Waals surface area contributed by atoms with Gasteiger partial charge in [-0.15, -0.1) is 0 Å². The predicted molar refractivity (Wildman–Crippen MR) is 108 cm³/mol. The van der Waals surface area contributed by atoms with E-state index in [0.717, 1.165) is 19.3 Å². The van der Waals surface area contributed by atoms with Crippen molar-refractivity contribution >= 4 is 23.6 Å². The highest BCUT2D eigenvalue weighted by molar-refractivity contribution is 5.93. The number of hydrogen-bond donors (Lipinski definition) is 2. The molecule has 6 rings (SSSR count). The third-order valence-electron chi connectivity index (χ3n) is 7.54. The summed E-state index contributed by atoms with van der Waals surface area (Å²) in [5.41, 5.74) is -0.389. The van der Waals surface area contributed by atoms with Crippen LogP contribution in [0.4, 0.5) is 5.82 Å². The van der Waals surface area contributed by atoms with E-state index in [0.29, 0.717) is 23.5 Å². The van der Waals surface area contributed by atoms with Crippen LogP contribution in [0, 0.1) is 30.1 Å². The number of carbonyl (C=O) groups excluding carboxylic acids is 3. The Morgan fingerprint density at radius 3 is 2.42 bits per heavy atom. The minimum atomic E-state index is -0.849. The lowest BCUT2D eigenvalue weighted by Crippen LogP contribution is -2.56. The molecule has 1 aromatic heterocycles. The Morgan fingerprint density at radius 1 is 1.19 bits per heavy atom. The normalized spacial score (nSPS) is 35.9. The molecule has 1 saturated heterocycles. The summed E-state index contributed by atoms with van der Waals surface area (Å²) in [6, 6.07) is 0.705. The Bertz CT molecular complexity index is 860. The second kappa shape index (κ2) is 7.62. The van der Waals surface area contributed by atoms with Crippen LogP contribution in [0.2, 0.25) is 0 Å². The molecular weight excluding hydrogens is 402 g/mol. The van der Waals surface area contributed by atoms with Crippen LogP contribution in [-0.2, 0) is 19.1 Å². The van der Waals surface area contributed by atoms with Crippen molar-refractivity contribution < 1.29 is 28.8 Å². The summed E-state index contributed by atoms with van der Waals surface area (Å²) in [6.07, 6.45) is 5.73. The number of nitrogens with one attached hydrogen (secondary N) is 1. The highest BCUT2D eigenvalue weighted by Crippen LogP contribution is 2.60. The number of likely N-dealkylation sites (tertiary alicyclic amines) is 1. The quantitative estimate of drug-likeness (QED) is 0.680. The Labute approximate surface area is 180 Å². The van der Waals surface area contributed by atoms with Gasteiger partial charge in [0.15, 0.2) is 12.4 Å². The van der Waals surface area contributed by atoms with Gasteiger partial charge in [-0.05, 0) is 63.2 Å². The average Bonchev–Trinajstić information content (AvgIpc) is 3.29. The SMILES string of the molecule is Cc1cc(NC(=O)COC(=O)[C@@H]2CC(O)CN2C(=O)C23CC4CC(CC(C4)C2)C3)no1. The maximum absolute atomic E-state index is 13.7. The molecule has 1 unspecified atom stereocenters. The molecule has 9 heteroatoms. The molecule has 2 amide bonds. The van der Waals surface area contributed by atoms with Crippen LogP contribution in [0.15, 0.2) is 10.6 Å². The number of ether oxygens (including phenoxy) is 1. The highest BCUT2D eigenvalue weighted by Gasteiger charge is 2.57. The van der Waals surface area contributed by atoms with E-state index in [1.54, 1.807) is 13.0 Å². The molecule has 2 atom stereocenters. The van der Waals surface area contributed by atoms with Gasteiger partial charge in [0.05, 0.1) is 11.5 Å². The van der Waals surface area contributed by atoms with E-state index in [-0.39, 0.29) is 30.1 Å². The number of esters is 1. The zero-order chi connectivity index (χ0) is 21.8. The summed E-state index contributed by atoms with van der Waals surface area (Å²) in [6.45, 7) is 1.35. The van der Waals surface area contributed by atoms with Crippen molar-refractivity contribution in [3.8, 4) is 0 Å². The number of aromatic nitrogens is 1. The Balaban J connectivity index is 1.23. The van der Waals surface area contributed by atoms with E-state index in [1.807, 2.05) is 0 Å². The largest absolute Gasteiger partial charge is 0.454 e. The molecule has 5 fully saturated rings. The number of nitrogens with zero attached hydrogens (tertiary/aromatic N) is 2. The molecule has 2 heterocycles. The Kier molecular flexibility index (Phi) is 5.03. The molecule has 1 aromatic rings. The molecule has 9 nitrogen and oxygen atoms in total. The van der Waals surface area contributed by atoms with Crippen molar-refractivity contribution in [1.29, 1.82) is 0 Å². The second-order valence-corrected chi connectivity index (χ2v) is 10.0. The van der Waals surface area contributed by atoms with Gasteiger partial charge in [-0.25, -0.2) is 4.79 Å². The van der Waals surface area contributed by atoms with Gasteiger partial charge in [0.1, 0.15) is 11.8 Å². The number of aliphatic hydroxyl groups excluding tert-OH is 1. The molecule has 4 bridgehead atoms. The van der Waals surface area contributed by atoms with Gasteiger partial charge in [0, 0.05) is 19.0 Å². The van der Waals surface area contributed by atoms with Crippen molar-refractivity contribution in [1.82, 2.24) is 10.1 Å². The lowest BCUT2D eigenvalue weighted by Gasteiger charge is -2.56. The van der Waals surface area contributed by atoms with Gasteiger partial charge < -0.3 is 24.6 Å². The number of hydrogen-bond acceptors (Lipinski definition) is 7. The van der Waals surface area contributed by atoms with Gasteiger partial charge >= 0.3 is 5.97 Å². The molecule has 4 saturated carbocycles. The van der Waals surface area contributed by atoms with Crippen LogP contribution < -0.4 is 5.32 Å². The number of β-amino-alcohol motifs (C(OH)–C–C–N with tert-alkyl or cyclic N) is 1. The summed E-state index contributed by atoms with van der Waals surface area (Å²) in [4.78, 5) is 40.0. The van der Waals surface area contributed by atoms with Crippen LogP contribution >= 0.6 is 0 Å². The lowest BCUT2D eigenvalue weighted by atomic mass is 9.49. The van der Waals surface area contributed by atoms with E-state index in [4.69, 9.17) is 9.26 Å². The van der Waals surface area contributed by atoms with Crippen LogP contribution in [0.5, 0.6) is 0 Å². The third-order valence-corrected chi connectivity index (χ3v) is 7.54. The highest BCUT2D eigenvalue weighted by atomic mass is 16.5. The van der Waals surface area contributed by atoms with E-state index >= 15 is 0 Å². The number of amides is 2. The number of rotatable bonds is 5. The van der Waals surface area contributed by atoms with Crippen molar-refractivity contribution in [3.05, 3.63) is 11.8 Å². The van der Waals surface area contributed by atoms with E-state index in [9.17, 15) is 19.5 Å². The van der Waals surface area contributed by atoms with Crippen molar-refractivity contribution in [3.63, 3.8) is 0 Å². The van der Waals surface area contributed by atoms with E-state index < -0.39 is 30.6 Å². The first kappa shape index (κ1) is 20.5. The summed E-state index contributed by atoms with van der Waals surface area (Å²) < 4.78 is 10.1. The predicted octanol–water partition coefficient (Wildman–Crippen LogP) is 1.64. The zero-order valence-electron chi connectivity index (χ0n) is 17.7. The zero-order valence-corrected chi connectivity index (χ0v) is 17.7. The molecule has 0 radical (unpaired) electrons. The first-order chi connectivity index (χ1) is 14.8. The summed E-state index contributed by atoms with van der Waals surface area (Å²) in [5, 5.41) is 16.4. The fourth-order valence-corrected chi connectivity index (χ4v) is 6.78. The number of aryl methyl sites for hydroxylation is 1. The molecule has 1 aliphatic heterocycles. The van der Waals surface area contributed by atoms with Gasteiger partial charge in [0.2, 0.25) is 5.91 Å². The topological polar surface area (TPSA) is 122 Å². The smallest absolute Gasteiger partial charge is 0.329 e. The molecule has 168 valence electrons. The molecule has 0 spiro atoms. The monoisotopic (exact) mass is 431 g/mol.